The van der Waals surface area contributed by atoms with Gasteiger partial charge in [0.1, 0.15) is 23.4 Å². The van der Waals surface area contributed by atoms with Crippen LogP contribution >= 0.6 is 11.6 Å². The molecule has 1 aromatic heterocycles. The van der Waals surface area contributed by atoms with Crippen LogP contribution < -0.4 is 4.83 Å². The fourth-order valence-corrected chi connectivity index (χ4v) is 2.63. The van der Waals surface area contributed by atoms with Crippen LogP contribution in [0.3, 0.4) is 0 Å². The third kappa shape index (κ3) is 2.53. The zero-order valence-electron chi connectivity index (χ0n) is 8.21. The fourth-order valence-electron chi connectivity index (χ4n) is 1.13. The van der Waals surface area contributed by atoms with Crippen LogP contribution in [0.1, 0.15) is 0 Å². The van der Waals surface area contributed by atoms with Crippen LogP contribution in [0.25, 0.3) is 0 Å². The Labute approximate surface area is 101 Å². The van der Waals surface area contributed by atoms with E-state index in [-0.39, 0.29) is 9.92 Å². The molecule has 0 fully saturated rings. The van der Waals surface area contributed by atoms with E-state index in [2.05, 4.69) is 15.0 Å². The highest BCUT2D eigenvalue weighted by Gasteiger charge is 2.18. The van der Waals surface area contributed by atoms with E-state index in [0.717, 1.165) is 35.5 Å². The molecule has 2 aromatic rings. The highest BCUT2D eigenvalue weighted by Crippen LogP contribution is 2.22. The molecule has 1 N–H and O–H groups in total. The maximum absolute atomic E-state index is 12.8. The van der Waals surface area contributed by atoms with E-state index in [1.165, 1.54) is 0 Å². The molecule has 0 aliphatic rings. The first-order valence-corrected chi connectivity index (χ1v) is 6.18. The molecule has 9 heteroatoms. The molecule has 0 amide bonds. The zero-order valence-corrected chi connectivity index (χ0v) is 9.78. The smallest absolute Gasteiger partial charge is 0.221 e. The molecular weight excluding hydrogens is 271 g/mol. The highest BCUT2D eigenvalue weighted by atomic mass is 35.5. The third-order valence-corrected chi connectivity index (χ3v) is 3.64. The molecule has 0 unspecified atom stereocenters. The summed E-state index contributed by atoms with van der Waals surface area (Å²) in [5.41, 5.74) is 0. The van der Waals surface area contributed by atoms with Crippen molar-refractivity contribution >= 4 is 21.6 Å². The quantitative estimate of drug-likeness (QED) is 0.907. The van der Waals surface area contributed by atoms with Crippen molar-refractivity contribution in [2.75, 3.05) is 4.83 Å². The van der Waals surface area contributed by atoms with E-state index in [0.29, 0.717) is 0 Å². The van der Waals surface area contributed by atoms with E-state index in [9.17, 15) is 12.8 Å². The summed E-state index contributed by atoms with van der Waals surface area (Å²) in [7, 11) is -3.90. The third-order valence-electron chi connectivity index (χ3n) is 1.83. The van der Waals surface area contributed by atoms with Gasteiger partial charge in [-0.1, -0.05) is 11.6 Å². The normalized spacial score (nSPS) is 11.4. The summed E-state index contributed by atoms with van der Waals surface area (Å²) < 4.78 is 37.5. The van der Waals surface area contributed by atoms with Crippen LogP contribution in [0.15, 0.2) is 35.7 Å². The predicted molar refractivity (Wildman–Crippen MR) is 58.0 cm³/mol. The minimum Gasteiger partial charge on any atom is -0.221 e. The molecule has 0 aliphatic carbocycles. The van der Waals surface area contributed by atoms with Gasteiger partial charge >= 0.3 is 0 Å². The lowest BCUT2D eigenvalue weighted by atomic mass is 10.3. The first-order valence-electron chi connectivity index (χ1n) is 4.31. The van der Waals surface area contributed by atoms with Crippen LogP contribution in [0.2, 0.25) is 5.02 Å². The number of hydrogen-bond donors (Lipinski definition) is 1. The van der Waals surface area contributed by atoms with E-state index in [4.69, 9.17) is 11.6 Å². The minimum absolute atomic E-state index is 0.203. The maximum atomic E-state index is 12.8. The van der Waals surface area contributed by atoms with E-state index >= 15 is 0 Å². The van der Waals surface area contributed by atoms with Gasteiger partial charge in [-0.3, -0.25) is 0 Å². The molecule has 90 valence electrons. The van der Waals surface area contributed by atoms with Crippen LogP contribution in [-0.4, -0.2) is 23.3 Å². The second-order valence-corrected chi connectivity index (χ2v) is 5.08. The molecule has 0 radical (unpaired) electrons. The van der Waals surface area contributed by atoms with Gasteiger partial charge in [0.25, 0.3) is 10.0 Å². The van der Waals surface area contributed by atoms with Gasteiger partial charge in [0.2, 0.25) is 0 Å². The van der Waals surface area contributed by atoms with Crippen molar-refractivity contribution < 1.29 is 12.8 Å². The monoisotopic (exact) mass is 276 g/mol. The van der Waals surface area contributed by atoms with Crippen molar-refractivity contribution in [1.29, 1.82) is 0 Å². The molecule has 0 aliphatic heterocycles. The Morgan fingerprint density at radius 1 is 1.29 bits per heavy atom. The van der Waals surface area contributed by atoms with E-state index in [1.807, 2.05) is 0 Å². The SMILES string of the molecule is O=S(=O)(Nn1cnnc1)c1ccc(F)cc1Cl. The molecule has 0 spiro atoms. The summed E-state index contributed by atoms with van der Waals surface area (Å²) in [5.74, 6) is -0.613. The molecule has 6 nitrogen and oxygen atoms in total. The number of halogens is 2. The van der Waals surface area contributed by atoms with Gasteiger partial charge in [0.05, 0.1) is 5.02 Å². The van der Waals surface area contributed by atoms with Gasteiger partial charge < -0.3 is 0 Å². The second kappa shape index (κ2) is 4.30. The Balaban J connectivity index is 2.38. The maximum Gasteiger partial charge on any atom is 0.276 e. The summed E-state index contributed by atoms with van der Waals surface area (Å²) in [4.78, 5) is 1.90. The van der Waals surface area contributed by atoms with Crippen molar-refractivity contribution in [3.63, 3.8) is 0 Å². The molecule has 0 saturated carbocycles. The number of nitrogens with one attached hydrogen (secondary N) is 1. The summed E-state index contributed by atoms with van der Waals surface area (Å²) in [6.45, 7) is 0. The van der Waals surface area contributed by atoms with Gasteiger partial charge in [-0.2, -0.15) is 8.42 Å². The summed E-state index contributed by atoms with van der Waals surface area (Å²) in [6, 6.07) is 3.00. The lowest BCUT2D eigenvalue weighted by Crippen LogP contribution is -2.22. The van der Waals surface area contributed by atoms with Crippen molar-refractivity contribution in [2.24, 2.45) is 0 Å². The number of aromatic nitrogens is 3. The summed E-state index contributed by atoms with van der Waals surface area (Å²) in [6.07, 6.45) is 2.32. The topological polar surface area (TPSA) is 76.9 Å². The molecule has 17 heavy (non-hydrogen) atoms. The van der Waals surface area contributed by atoms with Crippen LogP contribution in [0.4, 0.5) is 4.39 Å². The predicted octanol–water partition coefficient (Wildman–Crippen LogP) is 1.00. The summed E-state index contributed by atoms with van der Waals surface area (Å²) in [5, 5.41) is 6.66. The molecule has 2 rings (SSSR count). The number of nitrogens with zero attached hydrogens (tertiary/aromatic N) is 3. The Morgan fingerprint density at radius 3 is 2.53 bits per heavy atom. The van der Waals surface area contributed by atoms with Crippen molar-refractivity contribution in [3.8, 4) is 0 Å². The molecule has 1 aromatic carbocycles. The second-order valence-electron chi connectivity index (χ2n) is 3.04. The molecule has 0 saturated heterocycles. The largest absolute Gasteiger partial charge is 0.276 e. The number of rotatable bonds is 3. The summed E-state index contributed by atoms with van der Waals surface area (Å²) >= 11 is 5.65. The Kier molecular flexibility index (Phi) is 2.99. The molecular formula is C8H6ClFN4O2S. The average molecular weight is 277 g/mol. The Morgan fingerprint density at radius 2 is 1.94 bits per heavy atom. The molecule has 0 bridgehead atoms. The van der Waals surface area contributed by atoms with Crippen LogP contribution in [-0.2, 0) is 10.0 Å². The average Bonchev–Trinajstić information content (AvgIpc) is 2.68. The zero-order chi connectivity index (χ0) is 12.5. The minimum atomic E-state index is -3.90. The molecule has 0 atom stereocenters. The Hall–Kier alpha value is -1.67. The van der Waals surface area contributed by atoms with Crippen molar-refractivity contribution in [3.05, 3.63) is 41.7 Å². The number of hydrogen-bond acceptors (Lipinski definition) is 4. The standard InChI is InChI=1S/C8H6ClFN4O2S/c9-7-3-6(10)1-2-8(7)17(15,16)13-14-4-11-12-5-14/h1-5,13H. The van der Waals surface area contributed by atoms with Gasteiger partial charge in [-0.05, 0) is 18.2 Å². The highest BCUT2D eigenvalue weighted by molar-refractivity contribution is 7.92. The first-order chi connectivity index (χ1) is 7.99. The number of benzene rings is 1. The molecule has 1 heterocycles. The van der Waals surface area contributed by atoms with Gasteiger partial charge in [-0.15, -0.1) is 10.2 Å². The van der Waals surface area contributed by atoms with Crippen LogP contribution in [0.5, 0.6) is 0 Å². The van der Waals surface area contributed by atoms with Crippen LogP contribution in [0, 0.1) is 5.82 Å². The van der Waals surface area contributed by atoms with Crippen molar-refractivity contribution in [1.82, 2.24) is 14.9 Å². The fraction of sp³-hybridized carbons (Fsp3) is 0. The Bertz CT molecular complexity index is 629. The lowest BCUT2D eigenvalue weighted by molar-refractivity contribution is 0.594. The van der Waals surface area contributed by atoms with Crippen molar-refractivity contribution in [2.45, 2.75) is 4.90 Å². The first kappa shape index (κ1) is 11.8. The van der Waals surface area contributed by atoms with Gasteiger partial charge in [0.15, 0.2) is 0 Å². The van der Waals surface area contributed by atoms with E-state index in [1.54, 1.807) is 0 Å². The number of sulfonamides is 1. The van der Waals surface area contributed by atoms with Gasteiger partial charge in [0, 0.05) is 0 Å². The lowest BCUT2D eigenvalue weighted by Gasteiger charge is -2.08. The van der Waals surface area contributed by atoms with E-state index < -0.39 is 15.8 Å². The van der Waals surface area contributed by atoms with Gasteiger partial charge in [-0.25, -0.2) is 13.9 Å².